The first-order chi connectivity index (χ1) is 11.3. The molecule has 5 nitrogen and oxygen atoms in total. The maximum absolute atomic E-state index is 12.6. The Hall–Kier alpha value is -2.43. The number of hydrogen-bond acceptors (Lipinski definition) is 4. The summed E-state index contributed by atoms with van der Waals surface area (Å²) in [6.07, 6.45) is 7.16. The minimum Gasteiger partial charge on any atom is -0.337 e. The minimum atomic E-state index is -0.107. The zero-order valence-corrected chi connectivity index (χ0v) is 13.3. The predicted molar refractivity (Wildman–Crippen MR) is 87.5 cm³/mol. The van der Waals surface area contributed by atoms with Crippen LogP contribution in [0.1, 0.15) is 49.5 Å². The molecule has 1 aliphatic heterocycles. The Morgan fingerprint density at radius 3 is 2.91 bits per heavy atom. The fourth-order valence-corrected chi connectivity index (χ4v) is 2.83. The lowest BCUT2D eigenvalue weighted by atomic mass is 10.0. The molecule has 1 amide bonds. The highest BCUT2D eigenvalue weighted by Gasteiger charge is 2.30. The van der Waals surface area contributed by atoms with E-state index in [4.69, 9.17) is 4.52 Å². The quantitative estimate of drug-likeness (QED) is 0.812. The van der Waals surface area contributed by atoms with Gasteiger partial charge < -0.3 is 9.42 Å². The van der Waals surface area contributed by atoms with Crippen molar-refractivity contribution in [3.8, 4) is 0 Å². The first kappa shape index (κ1) is 15.5. The molecule has 0 unspecified atom stereocenters. The standard InChI is InChI=1S/C18H21N3O2/c1-2-16-19-18(23-20-16)15-10-6-7-13-21(15)17(22)12-11-14-8-4-3-5-9-14/h3-5,8-9,11-12,15H,2,6-7,10,13H2,1H3/b12-11+/t15-/m1/s1. The number of benzene rings is 1. The summed E-state index contributed by atoms with van der Waals surface area (Å²) < 4.78 is 5.36. The van der Waals surface area contributed by atoms with Gasteiger partial charge in [-0.05, 0) is 30.9 Å². The Bertz CT molecular complexity index is 679. The Morgan fingerprint density at radius 1 is 1.35 bits per heavy atom. The van der Waals surface area contributed by atoms with E-state index in [0.717, 1.165) is 37.8 Å². The van der Waals surface area contributed by atoms with Crippen LogP contribution in [0.2, 0.25) is 0 Å². The van der Waals surface area contributed by atoms with Gasteiger partial charge in [0, 0.05) is 19.0 Å². The van der Waals surface area contributed by atoms with Crippen LogP contribution in [-0.4, -0.2) is 27.5 Å². The molecule has 0 aliphatic carbocycles. The molecular formula is C18H21N3O2. The third-order valence-corrected chi connectivity index (χ3v) is 4.09. The number of likely N-dealkylation sites (tertiary alicyclic amines) is 1. The van der Waals surface area contributed by atoms with E-state index in [1.54, 1.807) is 6.08 Å². The summed E-state index contributed by atoms with van der Waals surface area (Å²) in [7, 11) is 0. The fourth-order valence-electron chi connectivity index (χ4n) is 2.83. The van der Waals surface area contributed by atoms with Crippen molar-refractivity contribution in [1.29, 1.82) is 0 Å². The van der Waals surface area contributed by atoms with Crippen molar-refractivity contribution < 1.29 is 9.32 Å². The van der Waals surface area contributed by atoms with Crippen LogP contribution in [-0.2, 0) is 11.2 Å². The van der Waals surface area contributed by atoms with Gasteiger partial charge in [-0.2, -0.15) is 4.98 Å². The van der Waals surface area contributed by atoms with Gasteiger partial charge in [-0.3, -0.25) is 4.79 Å². The largest absolute Gasteiger partial charge is 0.337 e. The Labute approximate surface area is 136 Å². The molecule has 0 spiro atoms. The summed E-state index contributed by atoms with van der Waals surface area (Å²) in [5.41, 5.74) is 1.01. The molecule has 1 fully saturated rings. The van der Waals surface area contributed by atoms with E-state index in [9.17, 15) is 4.79 Å². The number of carbonyl (C=O) groups is 1. The zero-order chi connectivity index (χ0) is 16.1. The van der Waals surface area contributed by atoms with Crippen LogP contribution in [0.25, 0.3) is 6.08 Å². The van der Waals surface area contributed by atoms with E-state index in [1.807, 2.05) is 48.2 Å². The molecule has 3 rings (SSSR count). The van der Waals surface area contributed by atoms with Gasteiger partial charge in [-0.15, -0.1) is 0 Å². The lowest BCUT2D eigenvalue weighted by Gasteiger charge is -2.32. The number of hydrogen-bond donors (Lipinski definition) is 0. The first-order valence-corrected chi connectivity index (χ1v) is 8.14. The average Bonchev–Trinajstić information content (AvgIpc) is 3.09. The van der Waals surface area contributed by atoms with Gasteiger partial charge in [-0.1, -0.05) is 42.4 Å². The topological polar surface area (TPSA) is 59.2 Å². The van der Waals surface area contributed by atoms with Crippen LogP contribution in [0, 0.1) is 0 Å². The fraction of sp³-hybridized carbons (Fsp3) is 0.389. The van der Waals surface area contributed by atoms with Crippen molar-refractivity contribution in [2.45, 2.75) is 38.6 Å². The zero-order valence-electron chi connectivity index (χ0n) is 13.3. The summed E-state index contributed by atoms with van der Waals surface area (Å²) >= 11 is 0. The van der Waals surface area contributed by atoms with E-state index >= 15 is 0 Å². The van der Waals surface area contributed by atoms with Gasteiger partial charge >= 0.3 is 0 Å². The lowest BCUT2D eigenvalue weighted by Crippen LogP contribution is -2.37. The predicted octanol–water partition coefficient (Wildman–Crippen LogP) is 3.40. The molecule has 120 valence electrons. The van der Waals surface area contributed by atoms with Crippen molar-refractivity contribution >= 4 is 12.0 Å². The normalized spacial score (nSPS) is 18.5. The van der Waals surface area contributed by atoms with Crippen LogP contribution in [0.15, 0.2) is 40.9 Å². The number of nitrogens with zero attached hydrogens (tertiary/aromatic N) is 3. The highest BCUT2D eigenvalue weighted by molar-refractivity contribution is 5.92. The summed E-state index contributed by atoms with van der Waals surface area (Å²) in [6.45, 7) is 2.72. The van der Waals surface area contributed by atoms with E-state index < -0.39 is 0 Å². The lowest BCUT2D eigenvalue weighted by molar-refractivity contribution is -0.130. The van der Waals surface area contributed by atoms with Crippen LogP contribution < -0.4 is 0 Å². The van der Waals surface area contributed by atoms with E-state index in [-0.39, 0.29) is 11.9 Å². The van der Waals surface area contributed by atoms with Gasteiger partial charge in [0.1, 0.15) is 6.04 Å². The van der Waals surface area contributed by atoms with Crippen LogP contribution in [0.5, 0.6) is 0 Å². The van der Waals surface area contributed by atoms with Crippen molar-refractivity contribution in [3.05, 3.63) is 53.7 Å². The molecule has 5 heteroatoms. The Kier molecular flexibility index (Phi) is 4.86. The molecule has 0 radical (unpaired) electrons. The van der Waals surface area contributed by atoms with Crippen molar-refractivity contribution in [2.75, 3.05) is 6.54 Å². The second-order valence-corrected chi connectivity index (χ2v) is 5.69. The molecule has 2 aromatic rings. The molecular weight excluding hydrogens is 290 g/mol. The molecule has 1 atom stereocenters. The van der Waals surface area contributed by atoms with Gasteiger partial charge in [0.05, 0.1) is 0 Å². The second-order valence-electron chi connectivity index (χ2n) is 5.69. The highest BCUT2D eigenvalue weighted by Crippen LogP contribution is 2.30. The monoisotopic (exact) mass is 311 g/mol. The third-order valence-electron chi connectivity index (χ3n) is 4.09. The third kappa shape index (κ3) is 3.67. The number of aromatic nitrogens is 2. The summed E-state index contributed by atoms with van der Waals surface area (Å²) in [5, 5.41) is 3.96. The smallest absolute Gasteiger partial charge is 0.249 e. The molecule has 1 aromatic carbocycles. The van der Waals surface area contributed by atoms with Crippen molar-refractivity contribution in [1.82, 2.24) is 15.0 Å². The number of aryl methyl sites for hydroxylation is 1. The molecule has 0 saturated carbocycles. The van der Waals surface area contributed by atoms with Gasteiger partial charge in [-0.25, -0.2) is 0 Å². The van der Waals surface area contributed by atoms with Crippen molar-refractivity contribution in [2.24, 2.45) is 0 Å². The van der Waals surface area contributed by atoms with Gasteiger partial charge in [0.2, 0.25) is 11.8 Å². The molecule has 2 heterocycles. The van der Waals surface area contributed by atoms with E-state index in [1.165, 1.54) is 0 Å². The van der Waals surface area contributed by atoms with Crippen LogP contribution in [0.3, 0.4) is 0 Å². The SMILES string of the molecule is CCc1noc([C@H]2CCCCN2C(=O)/C=C/c2ccccc2)n1. The number of piperidine rings is 1. The first-order valence-electron chi connectivity index (χ1n) is 8.14. The number of rotatable bonds is 4. The van der Waals surface area contributed by atoms with Crippen LogP contribution >= 0.6 is 0 Å². The summed E-state index contributed by atoms with van der Waals surface area (Å²) in [6, 6.07) is 9.72. The maximum atomic E-state index is 12.6. The Balaban J connectivity index is 1.75. The summed E-state index contributed by atoms with van der Waals surface area (Å²) in [5.74, 6) is 1.25. The average molecular weight is 311 g/mol. The number of amides is 1. The van der Waals surface area contributed by atoms with E-state index in [0.29, 0.717) is 11.7 Å². The Morgan fingerprint density at radius 2 is 2.17 bits per heavy atom. The summed E-state index contributed by atoms with van der Waals surface area (Å²) in [4.78, 5) is 18.8. The molecule has 1 aromatic heterocycles. The molecule has 0 bridgehead atoms. The van der Waals surface area contributed by atoms with Gasteiger partial charge in [0.15, 0.2) is 5.82 Å². The van der Waals surface area contributed by atoms with E-state index in [2.05, 4.69) is 10.1 Å². The minimum absolute atomic E-state index is 0.00481. The van der Waals surface area contributed by atoms with Gasteiger partial charge in [0.25, 0.3) is 0 Å². The molecule has 1 saturated heterocycles. The van der Waals surface area contributed by atoms with Crippen LogP contribution in [0.4, 0.5) is 0 Å². The molecule has 1 aliphatic rings. The molecule has 23 heavy (non-hydrogen) atoms. The van der Waals surface area contributed by atoms with Crippen molar-refractivity contribution in [3.63, 3.8) is 0 Å². The number of carbonyl (C=O) groups excluding carboxylic acids is 1. The highest BCUT2D eigenvalue weighted by atomic mass is 16.5. The molecule has 0 N–H and O–H groups in total. The second kappa shape index (κ2) is 7.22. The maximum Gasteiger partial charge on any atom is 0.249 e.